The van der Waals surface area contributed by atoms with Gasteiger partial charge in [0, 0.05) is 34.8 Å². The fraction of sp³-hybridized carbons (Fsp3) is 0.440. The molecule has 0 amide bonds. The second kappa shape index (κ2) is 11.1. The summed E-state index contributed by atoms with van der Waals surface area (Å²) >= 11 is 12.6. The highest BCUT2D eigenvalue weighted by Gasteiger charge is 2.36. The smallest absolute Gasteiger partial charge is 0.327 e. The van der Waals surface area contributed by atoms with Crippen LogP contribution in [0.4, 0.5) is 13.2 Å². The number of nitrogens with one attached hydrogen (secondary N) is 1. The summed E-state index contributed by atoms with van der Waals surface area (Å²) in [6.45, 7) is 3.92. The van der Waals surface area contributed by atoms with Gasteiger partial charge in [-0.05, 0) is 61.2 Å². The van der Waals surface area contributed by atoms with Gasteiger partial charge >= 0.3 is 11.9 Å². The van der Waals surface area contributed by atoms with E-state index in [1.807, 2.05) is 0 Å². The highest BCUT2D eigenvalue weighted by molar-refractivity contribution is 7.85. The van der Waals surface area contributed by atoms with E-state index in [9.17, 15) is 27.0 Å². The number of aromatic nitrogens is 2. The minimum absolute atomic E-state index is 0.129. The highest BCUT2D eigenvalue weighted by Crippen LogP contribution is 2.39. The number of aromatic amines is 1. The van der Waals surface area contributed by atoms with Crippen molar-refractivity contribution >= 4 is 44.9 Å². The zero-order chi connectivity index (χ0) is 27.9. The molecule has 4 rings (SSSR count). The van der Waals surface area contributed by atoms with E-state index < -0.39 is 33.8 Å². The number of H-pyrrole nitrogens is 1. The van der Waals surface area contributed by atoms with Crippen molar-refractivity contribution in [2.45, 2.75) is 56.9 Å². The van der Waals surface area contributed by atoms with Gasteiger partial charge in [-0.3, -0.25) is 18.5 Å². The molecule has 3 N–H and O–H groups in total. The van der Waals surface area contributed by atoms with Crippen LogP contribution in [0.2, 0.25) is 10.0 Å². The molecule has 0 spiro atoms. The van der Waals surface area contributed by atoms with Gasteiger partial charge in [0.05, 0.1) is 38.8 Å². The van der Waals surface area contributed by atoms with Gasteiger partial charge in [0.25, 0.3) is 5.56 Å². The van der Waals surface area contributed by atoms with Crippen LogP contribution in [-0.2, 0) is 30.1 Å². The van der Waals surface area contributed by atoms with Crippen LogP contribution in [-0.4, -0.2) is 43.5 Å². The predicted octanol–water partition coefficient (Wildman–Crippen LogP) is 4.42. The first-order chi connectivity index (χ1) is 17.8. The molecule has 38 heavy (non-hydrogen) atoms. The maximum atomic E-state index is 14.2. The molecule has 206 valence electrons. The van der Waals surface area contributed by atoms with Crippen molar-refractivity contribution in [2.75, 3.05) is 18.8 Å². The summed E-state index contributed by atoms with van der Waals surface area (Å²) in [6.07, 6.45) is -3.28. The molecule has 2 heterocycles. The number of likely N-dealkylation sites (tertiary alicyclic amines) is 1. The fourth-order valence-electron chi connectivity index (χ4n) is 4.96. The van der Waals surface area contributed by atoms with E-state index in [4.69, 9.17) is 28.9 Å². The summed E-state index contributed by atoms with van der Waals surface area (Å²) in [5, 5.41) is -0.399. The van der Waals surface area contributed by atoms with E-state index in [2.05, 4.69) is 4.98 Å². The molecule has 0 saturated carbocycles. The lowest BCUT2D eigenvalue weighted by molar-refractivity contribution is -0.138. The molecule has 2 atom stereocenters. The normalized spacial score (nSPS) is 17.7. The highest BCUT2D eigenvalue weighted by atomic mass is 35.5. The number of benzene rings is 2. The van der Waals surface area contributed by atoms with Crippen molar-refractivity contribution in [2.24, 2.45) is 5.73 Å². The molecule has 7 nitrogen and oxygen atoms in total. The zero-order valence-electron chi connectivity index (χ0n) is 20.8. The van der Waals surface area contributed by atoms with Gasteiger partial charge in [-0.15, -0.1) is 0 Å². The lowest BCUT2D eigenvalue weighted by Gasteiger charge is -2.31. The first kappa shape index (κ1) is 28.8. The molecule has 1 unspecified atom stereocenters. The number of nitrogens with zero attached hydrogens (tertiary/aromatic N) is 2. The number of halogens is 5. The molecule has 0 aliphatic carbocycles. The Labute approximate surface area is 229 Å². The second-order valence-corrected chi connectivity index (χ2v) is 11.9. The van der Waals surface area contributed by atoms with Crippen LogP contribution in [0.25, 0.3) is 10.9 Å². The van der Waals surface area contributed by atoms with Crippen molar-refractivity contribution in [3.8, 4) is 0 Å². The van der Waals surface area contributed by atoms with E-state index in [1.165, 1.54) is 6.07 Å². The first-order valence-electron chi connectivity index (χ1n) is 12.0. The summed E-state index contributed by atoms with van der Waals surface area (Å²) < 4.78 is 56.0. The van der Waals surface area contributed by atoms with Crippen molar-refractivity contribution in [3.63, 3.8) is 0 Å². The summed E-state index contributed by atoms with van der Waals surface area (Å²) in [5.41, 5.74) is 3.73. The fourth-order valence-corrected chi connectivity index (χ4v) is 6.69. The van der Waals surface area contributed by atoms with Gasteiger partial charge in [-0.2, -0.15) is 13.2 Å². The van der Waals surface area contributed by atoms with Gasteiger partial charge in [0.2, 0.25) is 0 Å². The summed E-state index contributed by atoms with van der Waals surface area (Å²) in [7, 11) is -1.43. The Balaban J connectivity index is 1.89. The Bertz CT molecular complexity index is 1540. The molecule has 3 aromatic rings. The van der Waals surface area contributed by atoms with Crippen molar-refractivity contribution in [3.05, 3.63) is 71.3 Å². The number of hydrogen-bond acceptors (Lipinski definition) is 5. The number of nitrogens with two attached hydrogens (primary N) is 1. The molecular formula is C25H27Cl2F3N4O3S. The number of aryl methyl sites for hydroxylation is 1. The van der Waals surface area contributed by atoms with E-state index in [-0.39, 0.29) is 46.4 Å². The van der Waals surface area contributed by atoms with Crippen LogP contribution in [0.15, 0.2) is 32.7 Å². The van der Waals surface area contributed by atoms with Gasteiger partial charge in [0.15, 0.2) is 0 Å². The lowest BCUT2D eigenvalue weighted by atomic mass is 10.0. The van der Waals surface area contributed by atoms with Crippen LogP contribution in [0.5, 0.6) is 0 Å². The molecule has 13 heteroatoms. The van der Waals surface area contributed by atoms with E-state index in [0.717, 1.165) is 23.5 Å². The maximum Gasteiger partial charge on any atom is 0.416 e. The monoisotopic (exact) mass is 590 g/mol. The van der Waals surface area contributed by atoms with Gasteiger partial charge in [-0.1, -0.05) is 30.1 Å². The molecule has 1 saturated heterocycles. The Morgan fingerprint density at radius 2 is 1.89 bits per heavy atom. The summed E-state index contributed by atoms with van der Waals surface area (Å²) in [5.74, 6) is 0.285. The molecule has 0 bridgehead atoms. The van der Waals surface area contributed by atoms with Crippen LogP contribution in [0, 0.1) is 6.92 Å². The molecule has 1 aromatic heterocycles. The Hall–Kier alpha value is -2.18. The third kappa shape index (κ3) is 5.72. The average Bonchev–Trinajstić information content (AvgIpc) is 2.82. The quantitative estimate of drug-likeness (QED) is 0.442. The number of piperidine rings is 1. The molecule has 0 radical (unpaired) electrons. The predicted molar refractivity (Wildman–Crippen MR) is 144 cm³/mol. The maximum absolute atomic E-state index is 14.2. The van der Waals surface area contributed by atoms with Crippen molar-refractivity contribution in [1.29, 1.82) is 0 Å². The number of hydrogen-bond donors (Lipinski definition) is 2. The van der Waals surface area contributed by atoms with E-state index >= 15 is 0 Å². The summed E-state index contributed by atoms with van der Waals surface area (Å²) in [4.78, 5) is 31.2. The minimum Gasteiger partial charge on any atom is -0.327 e. The molecule has 2 aromatic carbocycles. The van der Waals surface area contributed by atoms with Gasteiger partial charge in [-0.25, -0.2) is 4.79 Å². The molecule has 1 fully saturated rings. The van der Waals surface area contributed by atoms with Crippen LogP contribution < -0.4 is 17.0 Å². The van der Waals surface area contributed by atoms with E-state index in [0.29, 0.717) is 34.1 Å². The molecular weight excluding hydrogens is 564 g/mol. The van der Waals surface area contributed by atoms with Crippen molar-refractivity contribution < 1.29 is 17.4 Å². The van der Waals surface area contributed by atoms with Gasteiger partial charge < -0.3 is 10.7 Å². The largest absolute Gasteiger partial charge is 0.416 e. The van der Waals surface area contributed by atoms with Crippen LogP contribution in [0.3, 0.4) is 0 Å². The molecule has 1 aliphatic heterocycles. The Kier molecular flexibility index (Phi) is 8.44. The SMILES string of the molecule is CCS(=O)c1c(C)cc(Cl)cc1Cn1c(=O)[nH]c2c(Cl)c(CN3CCC[C@@H](N)C3)c(C(F)(F)F)cc2c1=O. The van der Waals surface area contributed by atoms with Gasteiger partial charge in [0.1, 0.15) is 0 Å². The number of fused-ring (bicyclic) bond motifs is 1. The summed E-state index contributed by atoms with van der Waals surface area (Å²) in [6, 6.07) is 3.69. The zero-order valence-corrected chi connectivity index (χ0v) is 23.1. The standard InChI is InChI=1S/C25H27Cl2F3N4O3S/c1-3-38(37)22-13(2)7-15(26)8-14(22)10-34-23(35)17-9-19(25(28,29)30)18(20(27)21(17)32-24(34)36)12-33-6-4-5-16(31)11-33/h7-9,16H,3-6,10-12,31H2,1-2H3,(H,32,36)/t16-,38?/m1/s1. The lowest BCUT2D eigenvalue weighted by Crippen LogP contribution is -2.42. The van der Waals surface area contributed by atoms with Crippen LogP contribution >= 0.6 is 23.2 Å². The second-order valence-electron chi connectivity index (χ2n) is 9.44. The molecule has 1 aliphatic rings. The topological polar surface area (TPSA) is 101 Å². The Morgan fingerprint density at radius 3 is 2.53 bits per heavy atom. The average molecular weight is 591 g/mol. The minimum atomic E-state index is -4.80. The van der Waals surface area contributed by atoms with E-state index in [1.54, 1.807) is 24.8 Å². The number of alkyl halides is 3. The third-order valence-corrected chi connectivity index (χ3v) is 8.88. The number of rotatable bonds is 6. The van der Waals surface area contributed by atoms with Crippen molar-refractivity contribution in [1.82, 2.24) is 14.5 Å². The third-order valence-electron chi connectivity index (χ3n) is 6.68. The Morgan fingerprint density at radius 1 is 1.18 bits per heavy atom. The first-order valence-corrected chi connectivity index (χ1v) is 14.1. The van der Waals surface area contributed by atoms with Crippen LogP contribution in [0.1, 0.15) is 42.0 Å².